The van der Waals surface area contributed by atoms with Crippen LogP contribution in [0, 0.1) is 12.8 Å². The van der Waals surface area contributed by atoms with Crippen LogP contribution in [0.4, 0.5) is 4.39 Å². The van der Waals surface area contributed by atoms with E-state index in [2.05, 4.69) is 16.1 Å². The molecule has 3 rings (SSSR count). The van der Waals surface area contributed by atoms with E-state index in [0.29, 0.717) is 12.2 Å². The van der Waals surface area contributed by atoms with Crippen molar-refractivity contribution in [1.82, 2.24) is 14.5 Å². The van der Waals surface area contributed by atoms with Crippen LogP contribution in [0.25, 0.3) is 0 Å². The minimum absolute atomic E-state index is 0.151. The monoisotopic (exact) mass is 430 g/mol. The third-order valence-corrected chi connectivity index (χ3v) is 6.32. The zero-order chi connectivity index (χ0) is 22.1. The van der Waals surface area contributed by atoms with Gasteiger partial charge in [0.1, 0.15) is 12.4 Å². The minimum Gasteiger partial charge on any atom is -0.392 e. The molecule has 31 heavy (non-hydrogen) atoms. The predicted octanol–water partition coefficient (Wildman–Crippen LogP) is 3.96. The largest absolute Gasteiger partial charge is 0.392 e. The lowest BCUT2D eigenvalue weighted by atomic mass is 9.90. The Kier molecular flexibility index (Phi) is 9.00. The number of rotatable bonds is 9. The highest BCUT2D eigenvalue weighted by molar-refractivity contribution is 5.87. The quantitative estimate of drug-likeness (QED) is 0.257. The summed E-state index contributed by atoms with van der Waals surface area (Å²) >= 11 is 0. The highest BCUT2D eigenvalue weighted by Gasteiger charge is 2.24. The SMILES string of the molecule is C/C=C\C/C(=N\OC/C=C/F)C1CCN(CCc2c(C)nc3n(c2=O)CCCC3)CC1. The Labute approximate surface area is 184 Å². The van der Waals surface area contributed by atoms with Gasteiger partial charge < -0.3 is 9.74 Å². The van der Waals surface area contributed by atoms with E-state index in [-0.39, 0.29) is 12.2 Å². The second-order valence-electron chi connectivity index (χ2n) is 8.39. The molecule has 0 saturated carbocycles. The highest BCUT2D eigenvalue weighted by atomic mass is 19.1. The maximum atomic E-state index is 12.9. The number of allylic oxidation sites excluding steroid dienone is 2. The summed E-state index contributed by atoms with van der Waals surface area (Å²) in [5.74, 6) is 1.33. The van der Waals surface area contributed by atoms with Crippen molar-refractivity contribution in [1.29, 1.82) is 0 Å². The molecule has 0 spiro atoms. The Balaban J connectivity index is 1.55. The van der Waals surface area contributed by atoms with Crippen molar-refractivity contribution in [2.24, 2.45) is 11.1 Å². The lowest BCUT2D eigenvalue weighted by molar-refractivity contribution is 0.165. The number of aryl methyl sites for hydroxylation is 2. The molecule has 0 radical (unpaired) electrons. The predicted molar refractivity (Wildman–Crippen MR) is 122 cm³/mol. The third-order valence-electron chi connectivity index (χ3n) is 6.32. The van der Waals surface area contributed by atoms with Crippen LogP contribution in [0.5, 0.6) is 0 Å². The van der Waals surface area contributed by atoms with Gasteiger partial charge in [-0.15, -0.1) is 0 Å². The Bertz CT molecular complexity index is 867. The molecule has 0 amide bonds. The van der Waals surface area contributed by atoms with Gasteiger partial charge in [0.25, 0.3) is 5.56 Å². The average Bonchev–Trinajstić information content (AvgIpc) is 2.79. The summed E-state index contributed by atoms with van der Waals surface area (Å²) in [5, 5.41) is 4.28. The van der Waals surface area contributed by atoms with Crippen LogP contribution < -0.4 is 5.56 Å². The summed E-state index contributed by atoms with van der Waals surface area (Å²) < 4.78 is 14.0. The maximum Gasteiger partial charge on any atom is 0.256 e. The zero-order valence-corrected chi connectivity index (χ0v) is 18.9. The van der Waals surface area contributed by atoms with Crippen molar-refractivity contribution in [3.05, 3.63) is 52.0 Å². The van der Waals surface area contributed by atoms with Gasteiger partial charge in [-0.05, 0) is 65.1 Å². The van der Waals surface area contributed by atoms with Crippen molar-refractivity contribution in [3.8, 4) is 0 Å². The lowest BCUT2D eigenvalue weighted by Crippen LogP contribution is -2.39. The molecule has 1 aromatic heterocycles. The van der Waals surface area contributed by atoms with Gasteiger partial charge in [0.2, 0.25) is 0 Å². The summed E-state index contributed by atoms with van der Waals surface area (Å²) in [6, 6.07) is 0. The van der Waals surface area contributed by atoms with Crippen LogP contribution in [0.2, 0.25) is 0 Å². The summed E-state index contributed by atoms with van der Waals surface area (Å²) in [6.45, 7) is 7.75. The smallest absolute Gasteiger partial charge is 0.256 e. The lowest BCUT2D eigenvalue weighted by Gasteiger charge is -2.32. The van der Waals surface area contributed by atoms with Gasteiger partial charge in [0.05, 0.1) is 12.0 Å². The fourth-order valence-corrected chi connectivity index (χ4v) is 4.49. The van der Waals surface area contributed by atoms with E-state index >= 15 is 0 Å². The van der Waals surface area contributed by atoms with Crippen LogP contribution in [-0.4, -0.2) is 46.4 Å². The van der Waals surface area contributed by atoms with Crippen LogP contribution in [-0.2, 0) is 24.2 Å². The molecule has 1 aromatic rings. The van der Waals surface area contributed by atoms with E-state index in [1.807, 2.05) is 24.5 Å². The van der Waals surface area contributed by atoms with Crippen molar-refractivity contribution in [3.63, 3.8) is 0 Å². The number of nitrogens with zero attached hydrogens (tertiary/aromatic N) is 4. The Hall–Kier alpha value is -2.28. The number of oxime groups is 1. The molecule has 0 unspecified atom stereocenters. The molecule has 2 aliphatic heterocycles. The normalized spacial score (nSPS) is 18.7. The molecular formula is C24H35FN4O2. The zero-order valence-electron chi connectivity index (χ0n) is 18.9. The number of hydrogen-bond donors (Lipinski definition) is 0. The molecule has 0 N–H and O–H groups in total. The molecule has 3 heterocycles. The molecule has 1 saturated heterocycles. The van der Waals surface area contributed by atoms with Crippen molar-refractivity contribution < 1.29 is 9.23 Å². The topological polar surface area (TPSA) is 59.7 Å². The van der Waals surface area contributed by atoms with Gasteiger partial charge in [-0.3, -0.25) is 9.36 Å². The van der Waals surface area contributed by atoms with E-state index in [1.165, 1.54) is 6.08 Å². The molecule has 0 aromatic carbocycles. The minimum atomic E-state index is 0.151. The first-order valence-corrected chi connectivity index (χ1v) is 11.5. The fourth-order valence-electron chi connectivity index (χ4n) is 4.49. The molecule has 0 atom stereocenters. The van der Waals surface area contributed by atoms with Crippen LogP contribution >= 0.6 is 0 Å². The van der Waals surface area contributed by atoms with E-state index in [9.17, 15) is 9.18 Å². The van der Waals surface area contributed by atoms with Gasteiger partial charge in [-0.1, -0.05) is 17.3 Å². The third kappa shape index (κ3) is 6.35. The molecular weight excluding hydrogens is 395 g/mol. The van der Waals surface area contributed by atoms with Gasteiger partial charge in [-0.25, -0.2) is 9.37 Å². The van der Waals surface area contributed by atoms with Gasteiger partial charge >= 0.3 is 0 Å². The molecule has 2 aliphatic rings. The Morgan fingerprint density at radius 3 is 2.81 bits per heavy atom. The first kappa shape index (κ1) is 23.4. The molecule has 0 aliphatic carbocycles. The van der Waals surface area contributed by atoms with Gasteiger partial charge in [-0.2, -0.15) is 0 Å². The van der Waals surface area contributed by atoms with Crippen LogP contribution in [0.1, 0.15) is 56.1 Å². The molecule has 170 valence electrons. The standard InChI is InChI=1S/C24H35FN4O2/c1-3-4-8-22(27-31-18-7-13-25)20-10-15-28(16-11-20)17-12-21-19(2)26-23-9-5-6-14-29(23)24(21)30/h3-4,7,13,20H,5-6,8-12,14-18H2,1-2H3/b4-3-,13-7+,27-22+. The Morgan fingerprint density at radius 1 is 1.26 bits per heavy atom. The summed E-state index contributed by atoms with van der Waals surface area (Å²) in [6.07, 6.45) is 12.5. The first-order chi connectivity index (χ1) is 15.1. The first-order valence-electron chi connectivity index (χ1n) is 11.5. The average molecular weight is 431 g/mol. The molecule has 0 bridgehead atoms. The number of hydrogen-bond acceptors (Lipinski definition) is 5. The second-order valence-corrected chi connectivity index (χ2v) is 8.39. The van der Waals surface area contributed by atoms with E-state index in [1.54, 1.807) is 0 Å². The van der Waals surface area contributed by atoms with Gasteiger partial charge in [0.15, 0.2) is 0 Å². The van der Waals surface area contributed by atoms with Crippen LogP contribution in [0.3, 0.4) is 0 Å². The maximum absolute atomic E-state index is 12.9. The second kappa shape index (κ2) is 11.9. The van der Waals surface area contributed by atoms with Crippen molar-refractivity contribution in [2.45, 2.75) is 65.3 Å². The number of likely N-dealkylation sites (tertiary alicyclic amines) is 1. The summed E-state index contributed by atoms with van der Waals surface area (Å²) in [4.78, 5) is 25.3. The van der Waals surface area contributed by atoms with Crippen molar-refractivity contribution >= 4 is 5.71 Å². The molecule has 6 nitrogen and oxygen atoms in total. The molecule has 7 heteroatoms. The fraction of sp³-hybridized carbons (Fsp3) is 0.625. The van der Waals surface area contributed by atoms with Gasteiger partial charge in [0, 0.05) is 43.1 Å². The van der Waals surface area contributed by atoms with Crippen molar-refractivity contribution in [2.75, 3.05) is 26.2 Å². The summed E-state index contributed by atoms with van der Waals surface area (Å²) in [7, 11) is 0. The molecule has 1 fully saturated rings. The van der Waals surface area contributed by atoms with E-state index in [4.69, 9.17) is 9.82 Å². The Morgan fingerprint density at radius 2 is 2.06 bits per heavy atom. The summed E-state index contributed by atoms with van der Waals surface area (Å²) in [5.41, 5.74) is 2.96. The number of aromatic nitrogens is 2. The number of piperidine rings is 1. The van der Waals surface area contributed by atoms with Crippen LogP contribution in [0.15, 0.2) is 34.5 Å². The number of fused-ring (bicyclic) bond motifs is 1. The van der Waals surface area contributed by atoms with E-state index < -0.39 is 0 Å². The van der Waals surface area contributed by atoms with E-state index in [0.717, 1.165) is 93.9 Å². The highest BCUT2D eigenvalue weighted by Crippen LogP contribution is 2.21. The number of halogens is 1.